The Morgan fingerprint density at radius 1 is 1.04 bits per heavy atom. The maximum Gasteiger partial charge on any atom is 0.157 e. The van der Waals surface area contributed by atoms with Crippen molar-refractivity contribution in [3.8, 4) is 0 Å². The Morgan fingerprint density at radius 2 is 1.82 bits per heavy atom. The molecule has 1 saturated carbocycles. The number of hydrogen-bond acceptors (Lipinski definition) is 5. The summed E-state index contributed by atoms with van der Waals surface area (Å²) in [5.41, 5.74) is 1.74. The van der Waals surface area contributed by atoms with Gasteiger partial charge >= 0.3 is 0 Å². The number of hydrogen-bond donors (Lipinski definition) is 0. The molecule has 1 aliphatic carbocycles. The minimum Gasteiger partial charge on any atom is -0.355 e. The van der Waals surface area contributed by atoms with E-state index in [-0.39, 0.29) is 11.0 Å². The van der Waals surface area contributed by atoms with Gasteiger partial charge in [-0.05, 0) is 64.1 Å². The summed E-state index contributed by atoms with van der Waals surface area (Å²) in [7, 11) is -3.08. The van der Waals surface area contributed by atoms with Crippen LogP contribution in [0, 0.1) is 6.92 Å². The molecule has 156 valence electrons. The molecule has 2 aliphatic heterocycles. The predicted molar refractivity (Wildman–Crippen MR) is 114 cm³/mol. The van der Waals surface area contributed by atoms with Crippen LogP contribution in [0.25, 0.3) is 0 Å². The highest BCUT2D eigenvalue weighted by Crippen LogP contribution is 2.29. The van der Waals surface area contributed by atoms with Gasteiger partial charge < -0.3 is 4.90 Å². The van der Waals surface area contributed by atoms with Crippen LogP contribution < -0.4 is 4.90 Å². The largest absolute Gasteiger partial charge is 0.355 e. The highest BCUT2D eigenvalue weighted by Gasteiger charge is 2.33. The Kier molecular flexibility index (Phi) is 5.98. The van der Waals surface area contributed by atoms with Gasteiger partial charge in [-0.3, -0.25) is 4.90 Å². The van der Waals surface area contributed by atoms with Crippen molar-refractivity contribution in [2.75, 3.05) is 24.5 Å². The maximum atomic E-state index is 12.8. The standard InChI is InChI=1S/C22H35N3O2S/c1-17-7-6-13-25(17)20-12-14-24(15-20)22-11-10-19(18(2)23-22)16-28(26,27)21-8-4-3-5-9-21/h10-11,17,20-21H,3-9,12-16H2,1-2H3/t17-,20-/m0/s1. The molecule has 1 aromatic rings. The van der Waals surface area contributed by atoms with Gasteiger partial charge in [-0.1, -0.05) is 25.3 Å². The van der Waals surface area contributed by atoms with E-state index in [2.05, 4.69) is 16.7 Å². The van der Waals surface area contributed by atoms with E-state index in [9.17, 15) is 8.42 Å². The van der Waals surface area contributed by atoms with E-state index >= 15 is 0 Å². The first-order valence-corrected chi connectivity index (χ1v) is 12.8. The molecule has 2 saturated heterocycles. The van der Waals surface area contributed by atoms with E-state index < -0.39 is 9.84 Å². The van der Waals surface area contributed by atoms with Crippen LogP contribution in [0.1, 0.15) is 69.5 Å². The lowest BCUT2D eigenvalue weighted by Gasteiger charge is -2.28. The van der Waals surface area contributed by atoms with Crippen molar-refractivity contribution in [3.05, 3.63) is 23.4 Å². The third-order valence-corrected chi connectivity index (χ3v) is 9.36. The van der Waals surface area contributed by atoms with Gasteiger partial charge in [0.25, 0.3) is 0 Å². The summed E-state index contributed by atoms with van der Waals surface area (Å²) in [5, 5.41) is -0.151. The molecular weight excluding hydrogens is 370 g/mol. The Balaban J connectivity index is 1.42. The third-order valence-electron chi connectivity index (χ3n) is 7.16. The molecule has 6 heteroatoms. The molecule has 0 spiro atoms. The number of aryl methyl sites for hydroxylation is 1. The Hall–Kier alpha value is -1.14. The highest BCUT2D eigenvalue weighted by atomic mass is 32.2. The molecule has 3 aliphatic rings. The summed E-state index contributed by atoms with van der Waals surface area (Å²) in [6, 6.07) is 5.37. The van der Waals surface area contributed by atoms with E-state index in [4.69, 9.17) is 4.98 Å². The summed E-state index contributed by atoms with van der Waals surface area (Å²) < 4.78 is 25.7. The van der Waals surface area contributed by atoms with Crippen LogP contribution in [0.3, 0.4) is 0 Å². The molecule has 28 heavy (non-hydrogen) atoms. The minimum atomic E-state index is -3.08. The number of anilines is 1. The minimum absolute atomic E-state index is 0.144. The first kappa shape index (κ1) is 20.1. The zero-order chi connectivity index (χ0) is 19.7. The fraction of sp³-hybridized carbons (Fsp3) is 0.773. The van der Waals surface area contributed by atoms with Gasteiger partial charge in [0.2, 0.25) is 0 Å². The molecule has 0 bridgehead atoms. The van der Waals surface area contributed by atoms with Crippen molar-refractivity contribution in [1.29, 1.82) is 0 Å². The second-order valence-corrected chi connectivity index (χ2v) is 11.4. The fourth-order valence-electron chi connectivity index (χ4n) is 5.38. The van der Waals surface area contributed by atoms with Gasteiger partial charge in [0, 0.05) is 30.9 Å². The second-order valence-electron chi connectivity index (χ2n) is 9.10. The van der Waals surface area contributed by atoms with Crippen molar-refractivity contribution in [3.63, 3.8) is 0 Å². The van der Waals surface area contributed by atoms with Crippen molar-refractivity contribution >= 4 is 15.7 Å². The number of aromatic nitrogens is 1. The molecule has 3 heterocycles. The SMILES string of the molecule is Cc1nc(N2CC[C@H](N3CCC[C@@H]3C)C2)ccc1CS(=O)(=O)C1CCCCC1. The van der Waals surface area contributed by atoms with E-state index in [1.807, 2.05) is 19.1 Å². The van der Waals surface area contributed by atoms with Gasteiger partial charge in [-0.15, -0.1) is 0 Å². The zero-order valence-corrected chi connectivity index (χ0v) is 18.3. The van der Waals surface area contributed by atoms with Crippen LogP contribution in [0.15, 0.2) is 12.1 Å². The smallest absolute Gasteiger partial charge is 0.157 e. The average molecular weight is 406 g/mol. The first-order chi connectivity index (χ1) is 13.4. The number of sulfone groups is 1. The maximum absolute atomic E-state index is 12.8. The Bertz CT molecular complexity index is 789. The number of rotatable bonds is 5. The number of nitrogens with zero attached hydrogens (tertiary/aromatic N) is 3. The molecule has 5 nitrogen and oxygen atoms in total. The predicted octanol–water partition coefficient (Wildman–Crippen LogP) is 3.70. The molecule has 2 atom stereocenters. The fourth-order valence-corrected chi connectivity index (χ4v) is 7.41. The number of likely N-dealkylation sites (tertiary alicyclic amines) is 1. The Morgan fingerprint density at radius 3 is 2.50 bits per heavy atom. The van der Waals surface area contributed by atoms with E-state index in [1.54, 1.807) is 0 Å². The van der Waals surface area contributed by atoms with E-state index in [1.165, 1.54) is 32.2 Å². The molecule has 3 fully saturated rings. The summed E-state index contributed by atoms with van der Waals surface area (Å²) in [5.74, 6) is 1.15. The van der Waals surface area contributed by atoms with Gasteiger partial charge in [0.15, 0.2) is 9.84 Å². The van der Waals surface area contributed by atoms with Crippen LogP contribution in [0.5, 0.6) is 0 Å². The molecule has 0 amide bonds. The van der Waals surface area contributed by atoms with E-state index in [0.29, 0.717) is 12.1 Å². The van der Waals surface area contributed by atoms with Gasteiger partial charge in [0.1, 0.15) is 5.82 Å². The summed E-state index contributed by atoms with van der Waals surface area (Å²) in [6.07, 6.45) is 8.76. The molecule has 1 aromatic heterocycles. The highest BCUT2D eigenvalue weighted by molar-refractivity contribution is 7.91. The number of pyridine rings is 1. The molecule has 0 aromatic carbocycles. The van der Waals surface area contributed by atoms with Crippen molar-refractivity contribution in [2.45, 2.75) is 88.3 Å². The molecule has 4 rings (SSSR count). The van der Waals surface area contributed by atoms with Gasteiger partial charge in [0.05, 0.1) is 11.0 Å². The quantitative estimate of drug-likeness (QED) is 0.748. The van der Waals surface area contributed by atoms with Crippen molar-refractivity contribution in [1.82, 2.24) is 9.88 Å². The lowest BCUT2D eigenvalue weighted by atomic mass is 10.0. The van der Waals surface area contributed by atoms with E-state index in [0.717, 1.165) is 55.8 Å². The normalized spacial score (nSPS) is 27.6. The summed E-state index contributed by atoms with van der Waals surface area (Å²) >= 11 is 0. The lowest BCUT2D eigenvalue weighted by Crippen LogP contribution is -2.39. The molecule has 0 N–H and O–H groups in total. The average Bonchev–Trinajstić information content (AvgIpc) is 3.33. The topological polar surface area (TPSA) is 53.5 Å². The Labute approximate surface area is 170 Å². The summed E-state index contributed by atoms with van der Waals surface area (Å²) in [4.78, 5) is 9.85. The monoisotopic (exact) mass is 405 g/mol. The van der Waals surface area contributed by atoms with Crippen LogP contribution in [0.4, 0.5) is 5.82 Å². The van der Waals surface area contributed by atoms with Crippen molar-refractivity contribution < 1.29 is 8.42 Å². The van der Waals surface area contributed by atoms with Crippen molar-refractivity contribution in [2.24, 2.45) is 0 Å². The van der Waals surface area contributed by atoms with Gasteiger partial charge in [-0.25, -0.2) is 13.4 Å². The zero-order valence-electron chi connectivity index (χ0n) is 17.4. The van der Waals surface area contributed by atoms with Gasteiger partial charge in [-0.2, -0.15) is 0 Å². The first-order valence-electron chi connectivity index (χ1n) is 11.1. The molecular formula is C22H35N3O2S. The lowest BCUT2D eigenvalue weighted by molar-refractivity contribution is 0.204. The van der Waals surface area contributed by atoms with Crippen LogP contribution in [-0.4, -0.2) is 55.3 Å². The second kappa shape index (κ2) is 8.31. The third kappa shape index (κ3) is 4.23. The van der Waals surface area contributed by atoms with Crippen LogP contribution in [-0.2, 0) is 15.6 Å². The summed E-state index contributed by atoms with van der Waals surface area (Å²) in [6.45, 7) is 7.62. The molecule has 0 radical (unpaired) electrons. The van der Waals surface area contributed by atoms with Crippen LogP contribution >= 0.6 is 0 Å². The molecule has 0 unspecified atom stereocenters. The van der Waals surface area contributed by atoms with Crippen LogP contribution in [0.2, 0.25) is 0 Å².